The maximum atomic E-state index is 13.0. The molecule has 0 radical (unpaired) electrons. The van der Waals surface area contributed by atoms with Crippen LogP contribution in [-0.2, 0) is 6.42 Å². The molecule has 0 bridgehead atoms. The Balaban J connectivity index is 3.27. The predicted molar refractivity (Wildman–Crippen MR) is 38.6 cm³/mol. The van der Waals surface area contributed by atoms with Crippen LogP contribution in [0.2, 0.25) is 0 Å². The van der Waals surface area contributed by atoms with Crippen molar-refractivity contribution in [3.05, 3.63) is 28.8 Å². The fraction of sp³-hybridized carbons (Fsp3) is 0.375. The number of hydrogen-bond acceptors (Lipinski definition) is 1. The number of aromatic nitrogens is 1. The number of pyridine rings is 1. The molecule has 0 atom stereocenters. The van der Waals surface area contributed by atoms with Crippen molar-refractivity contribution in [2.75, 3.05) is 0 Å². The maximum Gasteiger partial charge on any atom is 0.393 e. The van der Waals surface area contributed by atoms with Gasteiger partial charge in [-0.15, -0.1) is 0 Å². The van der Waals surface area contributed by atoms with Gasteiger partial charge in [0.05, 0.1) is 12.1 Å². The Hall–Kier alpha value is -1.27. The number of nitrogens with zero attached hydrogens (tertiary/aromatic N) is 1. The minimum atomic E-state index is -4.80. The molecule has 0 aliphatic carbocycles. The van der Waals surface area contributed by atoms with Crippen LogP contribution in [0.4, 0.5) is 26.3 Å². The summed E-state index contributed by atoms with van der Waals surface area (Å²) in [5.74, 6) is -5.09. The fourth-order valence-electron chi connectivity index (χ4n) is 1.04. The van der Waals surface area contributed by atoms with Gasteiger partial charge in [0.2, 0.25) is 5.95 Å². The zero-order chi connectivity index (χ0) is 11.8. The summed E-state index contributed by atoms with van der Waals surface area (Å²) in [7, 11) is 0. The van der Waals surface area contributed by atoms with E-state index in [-0.39, 0.29) is 0 Å². The van der Waals surface area contributed by atoms with Crippen molar-refractivity contribution in [2.45, 2.75) is 19.5 Å². The van der Waals surface area contributed by atoms with Crippen LogP contribution in [0.5, 0.6) is 0 Å². The summed E-state index contributed by atoms with van der Waals surface area (Å²) < 4.78 is 74.0. The molecule has 1 heterocycles. The summed E-state index contributed by atoms with van der Waals surface area (Å²) in [5, 5.41) is 0. The Bertz CT molecular complexity index is 357. The van der Waals surface area contributed by atoms with Crippen LogP contribution in [0, 0.1) is 24.5 Å². The lowest BCUT2D eigenvalue weighted by molar-refractivity contribution is -0.128. The quantitative estimate of drug-likeness (QED) is 0.533. The normalized spacial score (nSPS) is 11.9. The molecule has 1 rings (SSSR count). The largest absolute Gasteiger partial charge is 0.393 e. The Morgan fingerprint density at radius 3 is 2.07 bits per heavy atom. The van der Waals surface area contributed by atoms with Crippen LogP contribution in [0.3, 0.4) is 0 Å². The van der Waals surface area contributed by atoms with Gasteiger partial charge in [0.1, 0.15) is 0 Å². The molecule has 0 N–H and O–H groups in total. The number of halogens is 6. The molecule has 0 saturated carbocycles. The molecule has 1 aromatic heterocycles. The Morgan fingerprint density at radius 1 is 1.07 bits per heavy atom. The standard InChI is InChI=1S/C8H5F6N/c1-3-5(9)4(2-8(12,13)14)6(10)7(11)15-3/h2H2,1H3. The first kappa shape index (κ1) is 11.8. The van der Waals surface area contributed by atoms with Gasteiger partial charge in [-0.2, -0.15) is 17.6 Å². The lowest BCUT2D eigenvalue weighted by Gasteiger charge is -2.09. The second-order valence-corrected chi connectivity index (χ2v) is 2.89. The molecule has 0 amide bonds. The first-order valence-electron chi connectivity index (χ1n) is 3.79. The van der Waals surface area contributed by atoms with Gasteiger partial charge in [-0.25, -0.2) is 13.8 Å². The first-order chi connectivity index (χ1) is 6.72. The molecule has 0 aliphatic heterocycles. The van der Waals surface area contributed by atoms with E-state index in [0.717, 1.165) is 6.92 Å². The SMILES string of the molecule is Cc1nc(F)c(F)c(CC(F)(F)F)c1F. The minimum Gasteiger partial charge on any atom is -0.219 e. The van der Waals surface area contributed by atoms with Gasteiger partial charge in [0, 0.05) is 5.56 Å². The van der Waals surface area contributed by atoms with Gasteiger partial charge in [0.15, 0.2) is 11.6 Å². The van der Waals surface area contributed by atoms with E-state index in [0.29, 0.717) is 0 Å². The van der Waals surface area contributed by atoms with Crippen LogP contribution in [0.1, 0.15) is 11.3 Å². The topological polar surface area (TPSA) is 12.9 Å². The molecular weight excluding hydrogens is 224 g/mol. The summed E-state index contributed by atoms with van der Waals surface area (Å²) in [6.45, 7) is 0.956. The van der Waals surface area contributed by atoms with Crippen LogP contribution in [-0.4, -0.2) is 11.2 Å². The molecule has 15 heavy (non-hydrogen) atoms. The summed E-state index contributed by atoms with van der Waals surface area (Å²) in [5.41, 5.74) is -1.94. The van der Waals surface area contributed by atoms with E-state index in [1.165, 1.54) is 0 Å². The van der Waals surface area contributed by atoms with Crippen molar-refractivity contribution in [1.29, 1.82) is 0 Å². The predicted octanol–water partition coefficient (Wildman–Crippen LogP) is 2.91. The van der Waals surface area contributed by atoms with Crippen LogP contribution < -0.4 is 0 Å². The smallest absolute Gasteiger partial charge is 0.219 e. The van der Waals surface area contributed by atoms with E-state index < -0.39 is 41.4 Å². The van der Waals surface area contributed by atoms with Crippen molar-refractivity contribution in [1.82, 2.24) is 4.98 Å². The molecule has 0 aliphatic rings. The Morgan fingerprint density at radius 2 is 1.60 bits per heavy atom. The highest BCUT2D eigenvalue weighted by Crippen LogP contribution is 2.26. The van der Waals surface area contributed by atoms with Gasteiger partial charge in [-0.3, -0.25) is 0 Å². The molecule has 0 aromatic carbocycles. The first-order valence-corrected chi connectivity index (χ1v) is 3.79. The lowest BCUT2D eigenvalue weighted by Crippen LogP contribution is -2.16. The highest BCUT2D eigenvalue weighted by atomic mass is 19.4. The van der Waals surface area contributed by atoms with Crippen molar-refractivity contribution in [3.8, 4) is 0 Å². The molecule has 84 valence electrons. The van der Waals surface area contributed by atoms with Gasteiger partial charge in [-0.05, 0) is 6.92 Å². The minimum absolute atomic E-state index is 0.604. The van der Waals surface area contributed by atoms with Gasteiger partial charge < -0.3 is 0 Å². The zero-order valence-electron chi connectivity index (χ0n) is 7.42. The Labute approximate surface area is 80.7 Å². The summed E-state index contributed by atoms with van der Waals surface area (Å²) in [4.78, 5) is 2.78. The van der Waals surface area contributed by atoms with E-state index >= 15 is 0 Å². The number of aryl methyl sites for hydroxylation is 1. The van der Waals surface area contributed by atoms with E-state index in [1.807, 2.05) is 0 Å². The van der Waals surface area contributed by atoms with Gasteiger partial charge in [0.25, 0.3) is 0 Å². The average molecular weight is 229 g/mol. The summed E-state index contributed by atoms with van der Waals surface area (Å²) in [6.07, 6.45) is -6.66. The third-order valence-electron chi connectivity index (χ3n) is 1.67. The van der Waals surface area contributed by atoms with Crippen LogP contribution >= 0.6 is 0 Å². The molecule has 0 spiro atoms. The molecule has 1 aromatic rings. The van der Waals surface area contributed by atoms with Crippen molar-refractivity contribution in [3.63, 3.8) is 0 Å². The average Bonchev–Trinajstić information content (AvgIpc) is 2.08. The van der Waals surface area contributed by atoms with Crippen molar-refractivity contribution < 1.29 is 26.3 Å². The fourth-order valence-corrected chi connectivity index (χ4v) is 1.04. The second kappa shape index (κ2) is 3.71. The van der Waals surface area contributed by atoms with E-state index in [9.17, 15) is 26.3 Å². The molecular formula is C8H5F6N. The lowest BCUT2D eigenvalue weighted by atomic mass is 10.1. The molecule has 0 unspecified atom stereocenters. The van der Waals surface area contributed by atoms with Gasteiger partial charge >= 0.3 is 6.18 Å². The number of hydrogen-bond donors (Lipinski definition) is 0. The van der Waals surface area contributed by atoms with Crippen molar-refractivity contribution >= 4 is 0 Å². The summed E-state index contributed by atoms with van der Waals surface area (Å²) in [6, 6.07) is 0. The number of rotatable bonds is 1. The van der Waals surface area contributed by atoms with Crippen molar-refractivity contribution in [2.24, 2.45) is 0 Å². The van der Waals surface area contributed by atoms with Crippen LogP contribution in [0.15, 0.2) is 0 Å². The monoisotopic (exact) mass is 229 g/mol. The number of alkyl halides is 3. The van der Waals surface area contributed by atoms with E-state index in [2.05, 4.69) is 4.98 Å². The summed E-state index contributed by atoms with van der Waals surface area (Å²) >= 11 is 0. The second-order valence-electron chi connectivity index (χ2n) is 2.89. The van der Waals surface area contributed by atoms with Gasteiger partial charge in [-0.1, -0.05) is 0 Å². The third kappa shape index (κ3) is 2.60. The molecule has 0 saturated heterocycles. The molecule has 0 fully saturated rings. The Kier molecular flexibility index (Phi) is 2.92. The zero-order valence-corrected chi connectivity index (χ0v) is 7.42. The maximum absolute atomic E-state index is 13.0. The highest BCUT2D eigenvalue weighted by Gasteiger charge is 2.33. The highest BCUT2D eigenvalue weighted by molar-refractivity contribution is 5.22. The van der Waals surface area contributed by atoms with E-state index in [4.69, 9.17) is 0 Å². The molecule has 1 nitrogen and oxygen atoms in total. The molecule has 7 heteroatoms. The van der Waals surface area contributed by atoms with Crippen LogP contribution in [0.25, 0.3) is 0 Å². The van der Waals surface area contributed by atoms with E-state index in [1.54, 1.807) is 0 Å². The third-order valence-corrected chi connectivity index (χ3v) is 1.67.